The van der Waals surface area contributed by atoms with E-state index in [1.807, 2.05) is 25.1 Å². The number of aromatic amines is 1. The lowest BCUT2D eigenvalue weighted by Crippen LogP contribution is -1.91. The molecule has 0 saturated carbocycles. The summed E-state index contributed by atoms with van der Waals surface area (Å²) in [7, 11) is 0. The van der Waals surface area contributed by atoms with Crippen LogP contribution < -0.4 is 0 Å². The molecule has 84 valence electrons. The van der Waals surface area contributed by atoms with Gasteiger partial charge in [-0.1, -0.05) is 6.07 Å². The van der Waals surface area contributed by atoms with Crippen molar-refractivity contribution in [2.75, 3.05) is 6.61 Å². The fraction of sp³-hybridized carbons (Fsp3) is 0.333. The molecule has 4 nitrogen and oxygen atoms in total. The van der Waals surface area contributed by atoms with Gasteiger partial charge in [0.25, 0.3) is 0 Å². The van der Waals surface area contributed by atoms with E-state index in [-0.39, 0.29) is 6.61 Å². The second-order valence-corrected chi connectivity index (χ2v) is 3.70. The predicted octanol–water partition coefficient (Wildman–Crippen LogP) is 1.71. The van der Waals surface area contributed by atoms with Crippen LogP contribution in [0.2, 0.25) is 0 Å². The van der Waals surface area contributed by atoms with Crippen LogP contribution in [-0.2, 0) is 6.42 Å². The summed E-state index contributed by atoms with van der Waals surface area (Å²) in [6.45, 7) is 2.18. The molecule has 2 heterocycles. The van der Waals surface area contributed by atoms with Crippen LogP contribution in [0.5, 0.6) is 0 Å². The Bertz CT molecular complexity index is 451. The second kappa shape index (κ2) is 4.90. The normalized spacial score (nSPS) is 10.6. The number of imidazole rings is 1. The van der Waals surface area contributed by atoms with Gasteiger partial charge in [0.15, 0.2) is 0 Å². The van der Waals surface area contributed by atoms with Crippen molar-refractivity contribution in [2.45, 2.75) is 19.8 Å². The number of H-pyrrole nitrogens is 1. The largest absolute Gasteiger partial charge is 0.396 e. The monoisotopic (exact) mass is 217 g/mol. The van der Waals surface area contributed by atoms with Gasteiger partial charge in [0.2, 0.25) is 0 Å². The number of aryl methyl sites for hydroxylation is 2. The first-order valence-corrected chi connectivity index (χ1v) is 5.39. The van der Waals surface area contributed by atoms with E-state index < -0.39 is 0 Å². The highest BCUT2D eigenvalue weighted by molar-refractivity contribution is 5.56. The van der Waals surface area contributed by atoms with Gasteiger partial charge in [-0.3, -0.25) is 4.98 Å². The average molecular weight is 217 g/mol. The third kappa shape index (κ3) is 2.28. The van der Waals surface area contributed by atoms with Crippen molar-refractivity contribution in [3.8, 4) is 11.4 Å². The lowest BCUT2D eigenvalue weighted by Gasteiger charge is -1.95. The van der Waals surface area contributed by atoms with Crippen LogP contribution in [-0.4, -0.2) is 26.7 Å². The van der Waals surface area contributed by atoms with E-state index >= 15 is 0 Å². The first-order chi connectivity index (χ1) is 7.81. The van der Waals surface area contributed by atoms with Crippen molar-refractivity contribution >= 4 is 0 Å². The molecular formula is C12H15N3O. The van der Waals surface area contributed by atoms with E-state index in [9.17, 15) is 0 Å². The fourth-order valence-electron chi connectivity index (χ4n) is 1.64. The second-order valence-electron chi connectivity index (χ2n) is 3.70. The molecule has 0 bridgehead atoms. The Morgan fingerprint density at radius 1 is 1.38 bits per heavy atom. The van der Waals surface area contributed by atoms with Crippen LogP contribution in [0.3, 0.4) is 0 Å². The van der Waals surface area contributed by atoms with Crippen molar-refractivity contribution in [1.82, 2.24) is 15.0 Å². The molecule has 0 aliphatic rings. The highest BCUT2D eigenvalue weighted by Gasteiger charge is 2.08. The summed E-state index contributed by atoms with van der Waals surface area (Å²) in [6.07, 6.45) is 3.26. The Kier molecular flexibility index (Phi) is 3.31. The summed E-state index contributed by atoms with van der Waals surface area (Å²) in [6, 6.07) is 5.78. The molecule has 0 amide bonds. The van der Waals surface area contributed by atoms with E-state index in [1.54, 1.807) is 6.20 Å². The number of aromatic nitrogens is 3. The predicted molar refractivity (Wildman–Crippen MR) is 62.0 cm³/mol. The summed E-state index contributed by atoms with van der Waals surface area (Å²) in [5.41, 5.74) is 2.80. The molecule has 2 aromatic rings. The summed E-state index contributed by atoms with van der Waals surface area (Å²) in [4.78, 5) is 12.0. The van der Waals surface area contributed by atoms with Crippen molar-refractivity contribution < 1.29 is 5.11 Å². The minimum Gasteiger partial charge on any atom is -0.396 e. The third-order valence-electron chi connectivity index (χ3n) is 2.41. The first kappa shape index (κ1) is 10.8. The van der Waals surface area contributed by atoms with Gasteiger partial charge in [0, 0.05) is 24.9 Å². The minimum atomic E-state index is 0.193. The number of hydrogen-bond acceptors (Lipinski definition) is 3. The highest BCUT2D eigenvalue weighted by atomic mass is 16.2. The van der Waals surface area contributed by atoms with E-state index in [2.05, 4.69) is 15.0 Å². The van der Waals surface area contributed by atoms with Gasteiger partial charge in [-0.25, -0.2) is 4.98 Å². The molecule has 2 aromatic heterocycles. The summed E-state index contributed by atoms with van der Waals surface area (Å²) in [5, 5.41) is 8.77. The van der Waals surface area contributed by atoms with Crippen molar-refractivity contribution in [2.24, 2.45) is 0 Å². The Hall–Kier alpha value is -1.68. The molecule has 0 aliphatic heterocycles. The standard InChI is InChI=1S/C12H15N3O/c1-9-12(10-5-2-3-7-13-10)15-11(14-9)6-4-8-16/h2-3,5,7,16H,4,6,8H2,1H3,(H,14,15). The van der Waals surface area contributed by atoms with Crippen LogP contribution in [0.4, 0.5) is 0 Å². The molecule has 0 fully saturated rings. The Morgan fingerprint density at radius 3 is 2.94 bits per heavy atom. The molecule has 0 aromatic carbocycles. The summed E-state index contributed by atoms with van der Waals surface area (Å²) >= 11 is 0. The van der Waals surface area contributed by atoms with E-state index in [0.29, 0.717) is 0 Å². The van der Waals surface area contributed by atoms with Gasteiger partial charge < -0.3 is 10.1 Å². The maximum absolute atomic E-state index is 8.77. The molecule has 0 aliphatic carbocycles. The minimum absolute atomic E-state index is 0.193. The number of nitrogens with one attached hydrogen (secondary N) is 1. The quantitative estimate of drug-likeness (QED) is 0.819. The zero-order valence-electron chi connectivity index (χ0n) is 9.27. The Morgan fingerprint density at radius 2 is 2.25 bits per heavy atom. The number of nitrogens with zero attached hydrogens (tertiary/aromatic N) is 2. The molecule has 0 spiro atoms. The van der Waals surface area contributed by atoms with Gasteiger partial charge >= 0.3 is 0 Å². The maximum Gasteiger partial charge on any atom is 0.110 e. The molecule has 4 heteroatoms. The van der Waals surface area contributed by atoms with Crippen LogP contribution in [0.1, 0.15) is 17.9 Å². The first-order valence-electron chi connectivity index (χ1n) is 5.39. The topological polar surface area (TPSA) is 61.8 Å². The number of aliphatic hydroxyl groups excluding tert-OH is 1. The molecule has 2 rings (SSSR count). The molecule has 16 heavy (non-hydrogen) atoms. The summed E-state index contributed by atoms with van der Waals surface area (Å²) in [5.74, 6) is 0.909. The van der Waals surface area contributed by atoms with Gasteiger partial charge in [0.1, 0.15) is 11.5 Å². The average Bonchev–Trinajstić information content (AvgIpc) is 2.69. The van der Waals surface area contributed by atoms with Gasteiger partial charge in [-0.15, -0.1) is 0 Å². The van der Waals surface area contributed by atoms with Crippen molar-refractivity contribution in [1.29, 1.82) is 0 Å². The summed E-state index contributed by atoms with van der Waals surface area (Å²) < 4.78 is 0. The van der Waals surface area contributed by atoms with E-state index in [0.717, 1.165) is 35.7 Å². The molecular weight excluding hydrogens is 202 g/mol. The molecule has 0 saturated heterocycles. The highest BCUT2D eigenvalue weighted by Crippen LogP contribution is 2.18. The lowest BCUT2D eigenvalue weighted by molar-refractivity contribution is 0.287. The maximum atomic E-state index is 8.77. The molecule has 2 N–H and O–H groups in total. The van der Waals surface area contributed by atoms with Crippen LogP contribution in [0, 0.1) is 6.92 Å². The van der Waals surface area contributed by atoms with Crippen molar-refractivity contribution in [3.63, 3.8) is 0 Å². The van der Waals surface area contributed by atoms with Gasteiger partial charge in [0.05, 0.1) is 5.69 Å². The van der Waals surface area contributed by atoms with Gasteiger partial charge in [-0.2, -0.15) is 0 Å². The molecule has 0 radical (unpaired) electrons. The Balaban J connectivity index is 2.25. The number of hydrogen-bond donors (Lipinski definition) is 2. The third-order valence-corrected chi connectivity index (χ3v) is 2.41. The smallest absolute Gasteiger partial charge is 0.110 e. The Labute approximate surface area is 94.4 Å². The number of aliphatic hydroxyl groups is 1. The van der Waals surface area contributed by atoms with E-state index in [4.69, 9.17) is 5.11 Å². The molecule has 0 unspecified atom stereocenters. The van der Waals surface area contributed by atoms with E-state index in [1.165, 1.54) is 0 Å². The fourth-order valence-corrected chi connectivity index (χ4v) is 1.64. The van der Waals surface area contributed by atoms with Crippen LogP contribution in [0.25, 0.3) is 11.4 Å². The van der Waals surface area contributed by atoms with Crippen LogP contribution >= 0.6 is 0 Å². The number of pyridine rings is 1. The van der Waals surface area contributed by atoms with Crippen molar-refractivity contribution in [3.05, 3.63) is 35.9 Å². The zero-order chi connectivity index (χ0) is 11.4. The lowest BCUT2D eigenvalue weighted by atomic mass is 10.2. The zero-order valence-corrected chi connectivity index (χ0v) is 9.27. The number of rotatable bonds is 4. The van der Waals surface area contributed by atoms with Crippen LogP contribution in [0.15, 0.2) is 24.4 Å². The van der Waals surface area contributed by atoms with Gasteiger partial charge in [-0.05, 0) is 25.5 Å². The molecule has 0 atom stereocenters. The SMILES string of the molecule is Cc1[nH]c(CCCO)nc1-c1ccccn1.